The van der Waals surface area contributed by atoms with Gasteiger partial charge in [0.2, 0.25) is 0 Å². The van der Waals surface area contributed by atoms with Gasteiger partial charge >= 0.3 is 0 Å². The number of Topliss-reactive ketones (excluding diaryl/α,β-unsaturated/α-hetero) is 1. The van der Waals surface area contributed by atoms with E-state index in [0.29, 0.717) is 24.3 Å². The van der Waals surface area contributed by atoms with Crippen LogP contribution >= 0.6 is 12.4 Å². The molecule has 2 rings (SSSR count). The molecule has 0 aromatic heterocycles. The fraction of sp³-hybridized carbons (Fsp3) is 0.350. The van der Waals surface area contributed by atoms with Crippen LogP contribution in [0, 0.1) is 5.92 Å². The van der Waals surface area contributed by atoms with Crippen LogP contribution in [0.3, 0.4) is 0 Å². The predicted molar refractivity (Wildman–Crippen MR) is 103 cm³/mol. The van der Waals surface area contributed by atoms with Crippen LogP contribution in [0.1, 0.15) is 15.9 Å². The number of hydrogen-bond acceptors (Lipinski definition) is 4. The van der Waals surface area contributed by atoms with E-state index in [9.17, 15) is 4.79 Å². The highest BCUT2D eigenvalue weighted by Crippen LogP contribution is 2.21. The Morgan fingerprint density at radius 3 is 2.20 bits per heavy atom. The first-order valence-electron chi connectivity index (χ1n) is 7.99. The lowest BCUT2D eigenvalue weighted by Gasteiger charge is -2.20. The third-order valence-electron chi connectivity index (χ3n) is 3.95. The zero-order valence-corrected chi connectivity index (χ0v) is 16.0. The summed E-state index contributed by atoms with van der Waals surface area (Å²) in [6.07, 6.45) is 0.693. The van der Waals surface area contributed by atoms with Crippen molar-refractivity contribution in [3.63, 3.8) is 0 Å². The van der Waals surface area contributed by atoms with Crippen molar-refractivity contribution in [3.05, 3.63) is 59.7 Å². The Morgan fingerprint density at radius 1 is 1.00 bits per heavy atom. The summed E-state index contributed by atoms with van der Waals surface area (Å²) in [7, 11) is 7.23. The van der Waals surface area contributed by atoms with Gasteiger partial charge in [-0.1, -0.05) is 24.3 Å². The number of ketones is 1. The van der Waals surface area contributed by atoms with Crippen molar-refractivity contribution in [1.82, 2.24) is 4.90 Å². The van der Waals surface area contributed by atoms with Crippen molar-refractivity contribution in [2.75, 3.05) is 34.9 Å². The van der Waals surface area contributed by atoms with Gasteiger partial charge in [-0.25, -0.2) is 0 Å². The van der Waals surface area contributed by atoms with E-state index >= 15 is 0 Å². The van der Waals surface area contributed by atoms with Crippen LogP contribution < -0.4 is 9.47 Å². The van der Waals surface area contributed by atoms with Crippen LogP contribution in [0.25, 0.3) is 0 Å². The van der Waals surface area contributed by atoms with Gasteiger partial charge in [0, 0.05) is 18.0 Å². The molecule has 0 heterocycles. The van der Waals surface area contributed by atoms with E-state index in [2.05, 4.69) is 0 Å². The fourth-order valence-electron chi connectivity index (χ4n) is 2.74. The molecule has 0 fully saturated rings. The molecule has 0 saturated heterocycles. The molecule has 2 aromatic carbocycles. The van der Waals surface area contributed by atoms with Gasteiger partial charge in [-0.15, -0.1) is 12.4 Å². The number of carbonyl (C=O) groups is 1. The molecule has 4 nitrogen and oxygen atoms in total. The van der Waals surface area contributed by atoms with Crippen LogP contribution in [-0.2, 0) is 6.42 Å². The van der Waals surface area contributed by atoms with Gasteiger partial charge in [0.05, 0.1) is 14.2 Å². The molecular weight excluding hydrogens is 338 g/mol. The van der Waals surface area contributed by atoms with E-state index < -0.39 is 0 Å². The van der Waals surface area contributed by atoms with E-state index in [1.165, 1.54) is 0 Å². The monoisotopic (exact) mass is 363 g/mol. The minimum Gasteiger partial charge on any atom is -0.497 e. The summed E-state index contributed by atoms with van der Waals surface area (Å²) in [6.45, 7) is 0.697. The summed E-state index contributed by atoms with van der Waals surface area (Å²) >= 11 is 0. The van der Waals surface area contributed by atoms with Crippen LogP contribution in [0.2, 0.25) is 0 Å². The Labute approximate surface area is 156 Å². The second kappa shape index (κ2) is 10.1. The normalized spacial score (nSPS) is 11.6. The third kappa shape index (κ3) is 6.07. The van der Waals surface area contributed by atoms with Crippen LogP contribution in [0.4, 0.5) is 0 Å². The van der Waals surface area contributed by atoms with Crippen molar-refractivity contribution in [2.45, 2.75) is 6.42 Å². The summed E-state index contributed by atoms with van der Waals surface area (Å²) in [5, 5.41) is 0. The number of ether oxygens (including phenoxy) is 2. The molecule has 2 aromatic rings. The smallest absolute Gasteiger partial charge is 0.167 e. The second-order valence-electron chi connectivity index (χ2n) is 6.11. The Morgan fingerprint density at radius 2 is 1.64 bits per heavy atom. The van der Waals surface area contributed by atoms with Crippen molar-refractivity contribution in [2.24, 2.45) is 5.92 Å². The molecular formula is C20H26ClNO3. The van der Waals surface area contributed by atoms with E-state index in [-0.39, 0.29) is 24.1 Å². The highest BCUT2D eigenvalue weighted by Gasteiger charge is 2.22. The molecule has 0 aliphatic rings. The standard InChI is InChI=1S/C20H25NO3.ClH/c1-21(2)14-17(12-15-8-10-18(23-3)11-9-15)20(22)16-6-5-7-19(13-16)24-4;/h5-11,13,17H,12,14H2,1-4H3;1H/t17-;/m0./s1. The summed E-state index contributed by atoms with van der Waals surface area (Å²) in [4.78, 5) is 15.0. The fourth-order valence-corrected chi connectivity index (χ4v) is 2.74. The number of rotatable bonds is 8. The number of halogens is 1. The second-order valence-corrected chi connectivity index (χ2v) is 6.11. The Bertz CT molecular complexity index is 671. The SMILES string of the molecule is COc1ccc(C[C@@H](CN(C)C)C(=O)c2cccc(OC)c2)cc1.Cl. The zero-order valence-electron chi connectivity index (χ0n) is 15.2. The van der Waals surface area contributed by atoms with Gasteiger partial charge in [0.25, 0.3) is 0 Å². The first-order valence-corrected chi connectivity index (χ1v) is 7.99. The highest BCUT2D eigenvalue weighted by atomic mass is 35.5. The maximum Gasteiger partial charge on any atom is 0.167 e. The third-order valence-corrected chi connectivity index (χ3v) is 3.95. The average molecular weight is 364 g/mol. The number of methoxy groups -OCH3 is 2. The lowest BCUT2D eigenvalue weighted by Crippen LogP contribution is -2.29. The Kier molecular flexibility index (Phi) is 8.46. The van der Waals surface area contributed by atoms with E-state index in [1.807, 2.05) is 61.5 Å². The minimum atomic E-state index is -0.111. The topological polar surface area (TPSA) is 38.8 Å². The minimum absolute atomic E-state index is 0. The van der Waals surface area contributed by atoms with E-state index in [1.54, 1.807) is 20.3 Å². The van der Waals surface area contributed by atoms with Crippen molar-refractivity contribution in [3.8, 4) is 11.5 Å². The molecule has 0 bridgehead atoms. The Hall–Kier alpha value is -2.04. The summed E-state index contributed by atoms with van der Waals surface area (Å²) in [6, 6.07) is 15.2. The summed E-state index contributed by atoms with van der Waals surface area (Å²) in [5.74, 6) is 1.55. The van der Waals surface area contributed by atoms with E-state index in [0.717, 1.165) is 11.3 Å². The Balaban J connectivity index is 0.00000312. The van der Waals surface area contributed by atoms with Gasteiger partial charge in [-0.2, -0.15) is 0 Å². The molecule has 0 unspecified atom stereocenters. The van der Waals surface area contributed by atoms with Crippen molar-refractivity contribution in [1.29, 1.82) is 0 Å². The van der Waals surface area contributed by atoms with E-state index in [4.69, 9.17) is 9.47 Å². The highest BCUT2D eigenvalue weighted by molar-refractivity contribution is 5.98. The molecule has 0 N–H and O–H groups in total. The zero-order chi connectivity index (χ0) is 17.5. The molecule has 136 valence electrons. The molecule has 5 heteroatoms. The van der Waals surface area contributed by atoms with Crippen molar-refractivity contribution >= 4 is 18.2 Å². The number of hydrogen-bond donors (Lipinski definition) is 0. The average Bonchev–Trinajstić information content (AvgIpc) is 2.60. The lowest BCUT2D eigenvalue weighted by molar-refractivity contribution is 0.0896. The van der Waals surface area contributed by atoms with Crippen LogP contribution in [-0.4, -0.2) is 45.5 Å². The molecule has 1 atom stereocenters. The largest absolute Gasteiger partial charge is 0.497 e. The van der Waals surface area contributed by atoms with Gasteiger partial charge in [-0.05, 0) is 50.3 Å². The summed E-state index contributed by atoms with van der Waals surface area (Å²) in [5.41, 5.74) is 1.81. The molecule has 0 saturated carbocycles. The molecule has 0 radical (unpaired) electrons. The first kappa shape index (κ1) is 21.0. The lowest BCUT2D eigenvalue weighted by atomic mass is 9.90. The number of carbonyl (C=O) groups excluding carboxylic acids is 1. The van der Waals surface area contributed by atoms with Gasteiger partial charge < -0.3 is 14.4 Å². The predicted octanol–water partition coefficient (Wildman–Crippen LogP) is 3.73. The van der Waals surface area contributed by atoms with Gasteiger partial charge in [-0.3, -0.25) is 4.79 Å². The summed E-state index contributed by atoms with van der Waals surface area (Å²) < 4.78 is 10.4. The first-order chi connectivity index (χ1) is 11.5. The van der Waals surface area contributed by atoms with Crippen molar-refractivity contribution < 1.29 is 14.3 Å². The molecule has 0 aliphatic heterocycles. The molecule has 0 spiro atoms. The molecule has 25 heavy (non-hydrogen) atoms. The molecule has 0 aliphatic carbocycles. The van der Waals surface area contributed by atoms with Crippen LogP contribution in [0.15, 0.2) is 48.5 Å². The maximum absolute atomic E-state index is 13.0. The number of benzene rings is 2. The molecule has 0 amide bonds. The van der Waals surface area contributed by atoms with Gasteiger partial charge in [0.15, 0.2) is 5.78 Å². The quantitative estimate of drug-likeness (QED) is 0.670. The van der Waals surface area contributed by atoms with Crippen LogP contribution in [0.5, 0.6) is 11.5 Å². The van der Waals surface area contributed by atoms with Gasteiger partial charge in [0.1, 0.15) is 11.5 Å². The number of nitrogens with zero attached hydrogens (tertiary/aromatic N) is 1. The maximum atomic E-state index is 13.0.